The fourth-order valence-corrected chi connectivity index (χ4v) is 6.54. The summed E-state index contributed by atoms with van der Waals surface area (Å²) in [6.07, 6.45) is -3.79. The van der Waals surface area contributed by atoms with Crippen LogP contribution in [0.25, 0.3) is 11.2 Å². The number of nitrogens with zero attached hydrogens (tertiary/aromatic N) is 4. The molecule has 2 aromatic heterocycles. The second-order valence-electron chi connectivity index (χ2n) is 11.1. The number of ether oxygens (including phenoxy) is 2. The summed E-state index contributed by atoms with van der Waals surface area (Å²) in [5.41, 5.74) is 7.12. The number of aromatic nitrogens is 4. The van der Waals surface area contributed by atoms with Crippen LogP contribution in [0.1, 0.15) is 34.1 Å². The van der Waals surface area contributed by atoms with E-state index in [9.17, 15) is 19.3 Å². The van der Waals surface area contributed by atoms with Crippen molar-refractivity contribution in [1.29, 1.82) is 0 Å². The van der Waals surface area contributed by atoms with Gasteiger partial charge in [-0.2, -0.15) is 4.98 Å². The Morgan fingerprint density at radius 1 is 0.979 bits per heavy atom. The number of hydrogen-bond donors (Lipinski definition) is 2. The van der Waals surface area contributed by atoms with Gasteiger partial charge in [-0.15, -0.1) is 0 Å². The van der Waals surface area contributed by atoms with Crippen LogP contribution >= 0.6 is 7.82 Å². The predicted octanol–water partition coefficient (Wildman–Crippen LogP) is 4.14. The van der Waals surface area contributed by atoms with E-state index in [1.54, 1.807) is 54.6 Å². The largest absolute Gasteiger partial charge is 0.475 e. The molecule has 3 heterocycles. The number of carbonyl (C=O) groups excluding carboxylic acids is 1. The number of imidazole rings is 1. The lowest BCUT2D eigenvalue weighted by Gasteiger charge is -2.40. The van der Waals surface area contributed by atoms with Crippen molar-refractivity contribution < 1.29 is 37.5 Å². The van der Waals surface area contributed by atoms with E-state index < -0.39 is 43.9 Å². The molecule has 3 N–H and O–H groups in total. The quantitative estimate of drug-likeness (QED) is 0.143. The first kappa shape index (κ1) is 33.2. The number of nitrogens with two attached hydrogens (primary N) is 1. The minimum absolute atomic E-state index is 0.000248. The molecule has 0 amide bonds. The van der Waals surface area contributed by atoms with Crippen LogP contribution < -0.4 is 11.3 Å². The molecule has 0 saturated carbocycles. The van der Waals surface area contributed by atoms with Gasteiger partial charge in [-0.05, 0) is 23.3 Å². The van der Waals surface area contributed by atoms with Crippen molar-refractivity contribution in [2.24, 2.45) is 7.05 Å². The Kier molecular flexibility index (Phi) is 10.1. The number of hydrogen-bond acceptors (Lipinski definition) is 12. The van der Waals surface area contributed by atoms with E-state index in [2.05, 4.69) is 9.97 Å². The van der Waals surface area contributed by atoms with E-state index in [4.69, 9.17) is 28.8 Å². The molecule has 5 aromatic rings. The van der Waals surface area contributed by atoms with Crippen molar-refractivity contribution in [3.63, 3.8) is 0 Å². The van der Waals surface area contributed by atoms with Gasteiger partial charge in [-0.25, -0.2) is 14.3 Å². The van der Waals surface area contributed by atoms with E-state index >= 15 is 0 Å². The summed E-state index contributed by atoms with van der Waals surface area (Å²) in [5, 5.41) is 11.7. The molecule has 250 valence electrons. The fraction of sp³-hybridized carbons (Fsp3) is 0.273. The van der Waals surface area contributed by atoms with Crippen molar-refractivity contribution in [1.82, 2.24) is 19.1 Å². The van der Waals surface area contributed by atoms with Gasteiger partial charge in [-0.3, -0.25) is 27.5 Å². The molecule has 0 bridgehead atoms. The summed E-state index contributed by atoms with van der Waals surface area (Å²) in [6, 6.07) is 26.5. The first-order valence-corrected chi connectivity index (χ1v) is 16.6. The number of phosphoric ester groups is 1. The Morgan fingerprint density at radius 2 is 1.56 bits per heavy atom. The molecule has 48 heavy (non-hydrogen) atoms. The Bertz CT molecular complexity index is 1910. The molecule has 1 aliphatic rings. The highest BCUT2D eigenvalue weighted by Gasteiger charge is 2.45. The summed E-state index contributed by atoms with van der Waals surface area (Å²) in [5.74, 6) is -0.647. The molecule has 0 unspecified atom stereocenters. The van der Waals surface area contributed by atoms with Gasteiger partial charge in [0.25, 0.3) is 5.56 Å². The van der Waals surface area contributed by atoms with Gasteiger partial charge in [0.05, 0.1) is 24.9 Å². The third kappa shape index (κ3) is 7.55. The average Bonchev–Trinajstić information content (AvgIpc) is 3.54. The maximum Gasteiger partial charge on any atom is 0.475 e. The van der Waals surface area contributed by atoms with Crippen molar-refractivity contribution in [2.45, 2.75) is 44.2 Å². The number of benzene rings is 3. The molecule has 1 aliphatic heterocycles. The zero-order valence-corrected chi connectivity index (χ0v) is 26.8. The molecule has 14 nitrogen and oxygen atoms in total. The predicted molar refractivity (Wildman–Crippen MR) is 173 cm³/mol. The summed E-state index contributed by atoms with van der Waals surface area (Å²) in [7, 11) is -2.94. The number of carbonyl (C=O) groups is 1. The van der Waals surface area contributed by atoms with E-state index in [1.165, 1.54) is 17.9 Å². The molecule has 3 aromatic carbocycles. The average molecular weight is 676 g/mol. The Hall–Kier alpha value is -4.69. The molecule has 15 heteroatoms. The number of anilines is 1. The summed E-state index contributed by atoms with van der Waals surface area (Å²) < 4.78 is 46.1. The lowest BCUT2D eigenvalue weighted by Crippen LogP contribution is -2.48. The monoisotopic (exact) mass is 675 g/mol. The third-order valence-electron chi connectivity index (χ3n) is 7.76. The summed E-state index contributed by atoms with van der Waals surface area (Å²) in [6.45, 7) is -0.473. The van der Waals surface area contributed by atoms with E-state index in [0.29, 0.717) is 16.7 Å². The standard InChI is InChI=1S/C33H34N5O9P/c1-37-30(40)27-29(36-33(37)34)35-21-38(27)31-28(39)26(17-25(46-31)20-43-32(41)24-15-9-4-10-16-24)47-48(42,44-18-22-11-5-2-6-12-22)45-19-23-13-7-3-8-14-23/h2-16,21,25-26,28,31,39H,17-20H2,1H3,(H2,34,36)/t25-,26-,28+,31+/m0/s1. The molecular weight excluding hydrogens is 641 g/mol. The van der Waals surface area contributed by atoms with Crippen LogP contribution in [0.15, 0.2) is 102 Å². The Morgan fingerprint density at radius 3 is 2.17 bits per heavy atom. The highest BCUT2D eigenvalue weighted by Crippen LogP contribution is 2.54. The number of esters is 1. The molecule has 1 saturated heterocycles. The van der Waals surface area contributed by atoms with Crippen molar-refractivity contribution in [2.75, 3.05) is 12.3 Å². The van der Waals surface area contributed by atoms with Crippen LogP contribution in [0, 0.1) is 0 Å². The van der Waals surface area contributed by atoms with Crippen molar-refractivity contribution in [3.8, 4) is 0 Å². The summed E-state index contributed by atoms with van der Waals surface area (Å²) >= 11 is 0. The molecule has 0 aliphatic carbocycles. The minimum atomic E-state index is -4.39. The second kappa shape index (κ2) is 14.6. The van der Waals surface area contributed by atoms with Gasteiger partial charge in [0.2, 0.25) is 5.95 Å². The van der Waals surface area contributed by atoms with Gasteiger partial charge in [0.1, 0.15) is 25.1 Å². The van der Waals surface area contributed by atoms with Crippen LogP contribution in [0.5, 0.6) is 0 Å². The highest BCUT2D eigenvalue weighted by molar-refractivity contribution is 7.48. The molecule has 6 rings (SSSR count). The van der Waals surface area contributed by atoms with Gasteiger partial charge >= 0.3 is 13.8 Å². The molecule has 0 radical (unpaired) electrons. The number of rotatable bonds is 12. The number of aliphatic hydroxyl groups is 1. The normalized spacial score (nSPS) is 19.7. The maximum absolute atomic E-state index is 14.3. The van der Waals surface area contributed by atoms with E-state index in [-0.39, 0.29) is 43.4 Å². The molecule has 0 spiro atoms. The zero-order chi connectivity index (χ0) is 33.7. The van der Waals surface area contributed by atoms with Crippen LogP contribution in [-0.2, 0) is 47.9 Å². The lowest BCUT2D eigenvalue weighted by molar-refractivity contribution is -0.202. The maximum atomic E-state index is 14.3. The van der Waals surface area contributed by atoms with Crippen molar-refractivity contribution >= 4 is 30.9 Å². The number of aliphatic hydroxyl groups excluding tert-OH is 1. The Balaban J connectivity index is 1.30. The van der Waals surface area contributed by atoms with E-state index in [1.807, 2.05) is 36.4 Å². The number of fused-ring (bicyclic) bond motifs is 1. The first-order valence-electron chi connectivity index (χ1n) is 15.1. The smallest absolute Gasteiger partial charge is 0.459 e. The SMILES string of the molecule is Cn1c(N)nc2ncn([C@@H]3O[C@H](COC(=O)c4ccccc4)C[C@H](OP(=O)(OCc4ccccc4)OCc4ccccc4)[C@H]3O)c2c1=O. The first-order chi connectivity index (χ1) is 23.2. The van der Waals surface area contributed by atoms with Crippen LogP contribution in [0.2, 0.25) is 0 Å². The van der Waals surface area contributed by atoms with E-state index in [0.717, 1.165) is 4.57 Å². The van der Waals surface area contributed by atoms with Gasteiger partial charge in [0.15, 0.2) is 17.4 Å². The number of phosphoric acid groups is 1. The zero-order valence-electron chi connectivity index (χ0n) is 25.9. The van der Waals surface area contributed by atoms with Crippen LogP contribution in [0.4, 0.5) is 5.95 Å². The molecule has 4 atom stereocenters. The third-order valence-corrected chi connectivity index (χ3v) is 9.18. The minimum Gasteiger partial charge on any atom is -0.459 e. The molecule has 1 fully saturated rings. The molecular formula is C33H34N5O9P. The van der Waals surface area contributed by atoms with Crippen LogP contribution in [0.3, 0.4) is 0 Å². The van der Waals surface area contributed by atoms with Crippen molar-refractivity contribution in [3.05, 3.63) is 124 Å². The second-order valence-corrected chi connectivity index (χ2v) is 12.7. The highest BCUT2D eigenvalue weighted by atomic mass is 31.2. The Labute approximate surface area is 275 Å². The van der Waals surface area contributed by atoms with Gasteiger partial charge < -0.3 is 20.3 Å². The van der Waals surface area contributed by atoms with Gasteiger partial charge in [-0.1, -0.05) is 78.9 Å². The summed E-state index contributed by atoms with van der Waals surface area (Å²) in [4.78, 5) is 34.4. The van der Waals surface area contributed by atoms with Gasteiger partial charge in [0, 0.05) is 13.5 Å². The van der Waals surface area contributed by atoms with Crippen LogP contribution in [-0.4, -0.2) is 55.1 Å². The lowest BCUT2D eigenvalue weighted by atomic mass is 10.0. The number of nitrogen functional groups attached to an aromatic ring is 1. The fourth-order valence-electron chi connectivity index (χ4n) is 5.18. The topological polar surface area (TPSA) is 179 Å².